The molecule has 1 aromatic heterocycles. The molecule has 0 saturated heterocycles. The zero-order valence-corrected chi connectivity index (χ0v) is 12.8. The SMILES string of the molecule is CC(N)CCC(=O)Nc1cccc(-c2nnnn2C)c1.Cl. The van der Waals surface area contributed by atoms with E-state index in [4.69, 9.17) is 5.73 Å². The molecule has 0 fully saturated rings. The predicted octanol–water partition coefficient (Wildman–Crippen LogP) is 1.36. The van der Waals surface area contributed by atoms with Crippen molar-refractivity contribution in [3.8, 4) is 11.4 Å². The number of anilines is 1. The summed E-state index contributed by atoms with van der Waals surface area (Å²) in [5, 5.41) is 14.2. The molecule has 0 spiro atoms. The quantitative estimate of drug-likeness (QED) is 0.869. The summed E-state index contributed by atoms with van der Waals surface area (Å²) in [7, 11) is 1.77. The first-order chi connectivity index (χ1) is 9.56. The first-order valence-electron chi connectivity index (χ1n) is 6.44. The second-order valence-corrected chi connectivity index (χ2v) is 4.77. The van der Waals surface area contributed by atoms with Crippen LogP contribution in [-0.2, 0) is 11.8 Å². The highest BCUT2D eigenvalue weighted by Crippen LogP contribution is 2.19. The Morgan fingerprint density at radius 2 is 2.24 bits per heavy atom. The number of hydrogen-bond donors (Lipinski definition) is 2. The molecule has 7 nitrogen and oxygen atoms in total. The number of aromatic nitrogens is 4. The minimum absolute atomic E-state index is 0. The third-order valence-electron chi connectivity index (χ3n) is 2.85. The largest absolute Gasteiger partial charge is 0.328 e. The van der Waals surface area contributed by atoms with Crippen LogP contribution in [0.5, 0.6) is 0 Å². The number of carbonyl (C=O) groups excluding carboxylic acids is 1. The number of aryl methyl sites for hydroxylation is 1. The number of benzene rings is 1. The Morgan fingerprint density at radius 1 is 1.48 bits per heavy atom. The number of rotatable bonds is 5. The number of nitrogens with one attached hydrogen (secondary N) is 1. The van der Waals surface area contributed by atoms with Gasteiger partial charge in [0.15, 0.2) is 5.82 Å². The molecule has 1 atom stereocenters. The predicted molar refractivity (Wildman–Crippen MR) is 83.0 cm³/mol. The number of amides is 1. The lowest BCUT2D eigenvalue weighted by atomic mass is 10.1. The fourth-order valence-electron chi connectivity index (χ4n) is 1.79. The Morgan fingerprint density at radius 3 is 2.86 bits per heavy atom. The van der Waals surface area contributed by atoms with Gasteiger partial charge in [0.1, 0.15) is 0 Å². The van der Waals surface area contributed by atoms with Crippen molar-refractivity contribution in [1.29, 1.82) is 0 Å². The summed E-state index contributed by atoms with van der Waals surface area (Å²) in [6.07, 6.45) is 1.08. The molecule has 0 aliphatic carbocycles. The van der Waals surface area contributed by atoms with Crippen molar-refractivity contribution in [1.82, 2.24) is 20.2 Å². The van der Waals surface area contributed by atoms with E-state index in [9.17, 15) is 4.79 Å². The molecule has 1 aromatic carbocycles. The molecule has 0 radical (unpaired) electrons. The van der Waals surface area contributed by atoms with E-state index < -0.39 is 0 Å². The van der Waals surface area contributed by atoms with Crippen LogP contribution in [-0.4, -0.2) is 32.2 Å². The van der Waals surface area contributed by atoms with Crippen molar-refractivity contribution in [2.45, 2.75) is 25.8 Å². The number of nitrogens with two attached hydrogens (primary N) is 1. The highest BCUT2D eigenvalue weighted by molar-refractivity contribution is 5.91. The van der Waals surface area contributed by atoms with E-state index in [1.54, 1.807) is 11.7 Å². The van der Waals surface area contributed by atoms with Crippen LogP contribution in [0.4, 0.5) is 5.69 Å². The molecular formula is C13H19ClN6O. The third kappa shape index (κ3) is 4.80. The number of tetrazole rings is 1. The molecule has 21 heavy (non-hydrogen) atoms. The van der Waals surface area contributed by atoms with Gasteiger partial charge in [-0.05, 0) is 35.9 Å². The van der Waals surface area contributed by atoms with Gasteiger partial charge < -0.3 is 11.1 Å². The van der Waals surface area contributed by atoms with E-state index in [-0.39, 0.29) is 24.4 Å². The van der Waals surface area contributed by atoms with Crippen molar-refractivity contribution >= 4 is 24.0 Å². The van der Waals surface area contributed by atoms with E-state index in [0.29, 0.717) is 18.7 Å². The molecule has 1 unspecified atom stereocenters. The molecule has 2 rings (SSSR count). The molecule has 0 aliphatic rings. The highest BCUT2D eigenvalue weighted by atomic mass is 35.5. The highest BCUT2D eigenvalue weighted by Gasteiger charge is 2.08. The third-order valence-corrected chi connectivity index (χ3v) is 2.85. The standard InChI is InChI=1S/C13H18N6O.ClH/c1-9(14)6-7-12(20)15-11-5-3-4-10(8-11)13-16-17-18-19(13)2;/h3-5,8-9H,6-7,14H2,1-2H3,(H,15,20);1H. The molecule has 3 N–H and O–H groups in total. The van der Waals surface area contributed by atoms with E-state index in [1.807, 2.05) is 31.2 Å². The summed E-state index contributed by atoms with van der Waals surface area (Å²) in [5.74, 6) is 0.604. The molecule has 2 aromatic rings. The summed E-state index contributed by atoms with van der Waals surface area (Å²) < 4.78 is 1.58. The Labute approximate surface area is 129 Å². The van der Waals surface area contributed by atoms with Crippen LogP contribution in [0.1, 0.15) is 19.8 Å². The summed E-state index contributed by atoms with van der Waals surface area (Å²) >= 11 is 0. The van der Waals surface area contributed by atoms with Crippen LogP contribution < -0.4 is 11.1 Å². The number of nitrogens with zero attached hydrogens (tertiary/aromatic N) is 4. The smallest absolute Gasteiger partial charge is 0.224 e. The van der Waals surface area contributed by atoms with Crippen molar-refractivity contribution < 1.29 is 4.79 Å². The van der Waals surface area contributed by atoms with E-state index in [0.717, 1.165) is 11.3 Å². The van der Waals surface area contributed by atoms with E-state index >= 15 is 0 Å². The summed E-state index contributed by atoms with van der Waals surface area (Å²) in [4.78, 5) is 11.8. The summed E-state index contributed by atoms with van der Waals surface area (Å²) in [6.45, 7) is 1.88. The number of carbonyl (C=O) groups is 1. The van der Waals surface area contributed by atoms with Gasteiger partial charge in [0, 0.05) is 30.8 Å². The van der Waals surface area contributed by atoms with Gasteiger partial charge in [0.2, 0.25) is 5.91 Å². The zero-order valence-electron chi connectivity index (χ0n) is 12.0. The molecule has 0 bridgehead atoms. The normalized spacial score (nSPS) is 11.6. The van der Waals surface area contributed by atoms with E-state index in [2.05, 4.69) is 20.8 Å². The van der Waals surface area contributed by atoms with Crippen molar-refractivity contribution in [3.63, 3.8) is 0 Å². The van der Waals surface area contributed by atoms with Crippen molar-refractivity contribution in [2.75, 3.05) is 5.32 Å². The fraction of sp³-hybridized carbons (Fsp3) is 0.385. The Kier molecular flexibility index (Phi) is 6.26. The van der Waals surface area contributed by atoms with Gasteiger partial charge in [-0.2, -0.15) is 0 Å². The molecule has 0 saturated carbocycles. The number of halogens is 1. The Bertz CT molecular complexity index is 598. The van der Waals surface area contributed by atoms with Crippen LogP contribution in [0.2, 0.25) is 0 Å². The zero-order chi connectivity index (χ0) is 14.5. The molecule has 8 heteroatoms. The van der Waals surface area contributed by atoms with Gasteiger partial charge in [-0.25, -0.2) is 4.68 Å². The Balaban J connectivity index is 0.00000220. The lowest BCUT2D eigenvalue weighted by Crippen LogP contribution is -2.19. The molecule has 1 amide bonds. The molecule has 0 aliphatic heterocycles. The first-order valence-corrected chi connectivity index (χ1v) is 6.44. The summed E-state index contributed by atoms with van der Waals surface area (Å²) in [5.41, 5.74) is 7.21. The van der Waals surface area contributed by atoms with Crippen LogP contribution >= 0.6 is 12.4 Å². The molecular weight excluding hydrogens is 292 g/mol. The average Bonchev–Trinajstić information content (AvgIpc) is 2.83. The van der Waals surface area contributed by atoms with E-state index in [1.165, 1.54) is 0 Å². The maximum atomic E-state index is 11.8. The minimum Gasteiger partial charge on any atom is -0.328 e. The van der Waals surface area contributed by atoms with Gasteiger partial charge in [0.25, 0.3) is 0 Å². The van der Waals surface area contributed by atoms with Crippen LogP contribution in [0.3, 0.4) is 0 Å². The molecule has 1 heterocycles. The van der Waals surface area contributed by atoms with Crippen molar-refractivity contribution in [2.24, 2.45) is 12.8 Å². The van der Waals surface area contributed by atoms with Gasteiger partial charge in [-0.3, -0.25) is 4.79 Å². The fourth-order valence-corrected chi connectivity index (χ4v) is 1.79. The van der Waals surface area contributed by atoms with Crippen LogP contribution in [0, 0.1) is 0 Å². The maximum absolute atomic E-state index is 11.8. The van der Waals surface area contributed by atoms with Gasteiger partial charge in [0.05, 0.1) is 0 Å². The molecule has 114 valence electrons. The summed E-state index contributed by atoms with van der Waals surface area (Å²) in [6, 6.07) is 7.44. The Hall–Kier alpha value is -1.99. The minimum atomic E-state index is -0.0458. The van der Waals surface area contributed by atoms with Crippen molar-refractivity contribution in [3.05, 3.63) is 24.3 Å². The van der Waals surface area contributed by atoms with Crippen LogP contribution in [0.15, 0.2) is 24.3 Å². The average molecular weight is 311 g/mol. The lowest BCUT2D eigenvalue weighted by molar-refractivity contribution is -0.116. The maximum Gasteiger partial charge on any atom is 0.224 e. The van der Waals surface area contributed by atoms with Crippen LogP contribution in [0.25, 0.3) is 11.4 Å². The number of hydrogen-bond acceptors (Lipinski definition) is 5. The van der Waals surface area contributed by atoms with Gasteiger partial charge in [-0.15, -0.1) is 17.5 Å². The van der Waals surface area contributed by atoms with Gasteiger partial charge in [-0.1, -0.05) is 12.1 Å². The van der Waals surface area contributed by atoms with Gasteiger partial charge >= 0.3 is 0 Å². The topological polar surface area (TPSA) is 98.7 Å². The second kappa shape index (κ2) is 7.70. The lowest BCUT2D eigenvalue weighted by Gasteiger charge is -2.08. The first kappa shape index (κ1) is 17.1. The monoisotopic (exact) mass is 310 g/mol. The second-order valence-electron chi connectivity index (χ2n) is 4.77.